The van der Waals surface area contributed by atoms with Crippen molar-refractivity contribution < 1.29 is 38.4 Å². The van der Waals surface area contributed by atoms with Crippen molar-refractivity contribution in [2.45, 2.75) is 18.0 Å². The highest BCUT2D eigenvalue weighted by molar-refractivity contribution is 7.62. The molecular formula is C31H41B11O8. The minimum absolute atomic E-state index is 0.120. The van der Waals surface area contributed by atoms with Crippen LogP contribution in [-0.4, -0.2) is 135 Å². The minimum atomic E-state index is -0.801. The summed E-state index contributed by atoms with van der Waals surface area (Å²) in [7, 11) is 11.6. The third kappa shape index (κ3) is 11.1. The van der Waals surface area contributed by atoms with Gasteiger partial charge < -0.3 is 38.4 Å². The number of hydrogen-bond donors (Lipinski definition) is 2. The maximum Gasteiger partial charge on any atom is 0.371 e. The number of benzene rings is 4. The monoisotopic (exact) mass is 662 g/mol. The van der Waals surface area contributed by atoms with Gasteiger partial charge in [0.2, 0.25) is 0 Å². The van der Waals surface area contributed by atoms with Crippen molar-refractivity contribution in [2.24, 2.45) is 0 Å². The Hall–Kier alpha value is -3.37. The zero-order valence-electron chi connectivity index (χ0n) is 29.9. The van der Waals surface area contributed by atoms with E-state index in [9.17, 15) is 10.2 Å². The van der Waals surface area contributed by atoms with Gasteiger partial charge in [-0.3, -0.25) is 0 Å². The summed E-state index contributed by atoms with van der Waals surface area (Å²) in [6.45, 7) is 1.07. The van der Waals surface area contributed by atoms with Crippen LogP contribution in [0.3, 0.4) is 0 Å². The third-order valence-corrected chi connectivity index (χ3v) is 9.08. The summed E-state index contributed by atoms with van der Waals surface area (Å²) in [4.78, 5) is 0. The molecule has 1 aliphatic heterocycles. The highest BCUT2D eigenvalue weighted by Gasteiger charge is 2.28. The van der Waals surface area contributed by atoms with Crippen LogP contribution in [0, 0.1) is 0 Å². The standard InChI is InChI=1S/C31H41B11O8/c1-45-36-29(43)18-46-25-10-6-23(7-11-25)40(42(34)35)24-8-12-26(13-9-24)47-20-31(44)41(38-32)50-28-16-4-22(5-17-28)39(33)21-2-14-27(15-3-21)49-37-30-19-48-30/h2-17,29-31,36-38,43-44H,18-20,32-35H2,1H3. The predicted octanol–water partition coefficient (Wildman–Crippen LogP) is -5.52. The molecule has 1 saturated heterocycles. The summed E-state index contributed by atoms with van der Waals surface area (Å²) in [5.41, 5.74) is 4.74. The van der Waals surface area contributed by atoms with Crippen LogP contribution < -0.4 is 40.6 Å². The average Bonchev–Trinajstić information content (AvgIpc) is 3.97. The molecule has 0 radical (unpaired) electrons. The highest BCUT2D eigenvalue weighted by Crippen LogP contribution is 2.15. The van der Waals surface area contributed by atoms with E-state index in [-0.39, 0.29) is 39.9 Å². The fourth-order valence-corrected chi connectivity index (χ4v) is 6.07. The Bertz CT molecular complexity index is 1580. The molecule has 0 aliphatic carbocycles. The number of aliphatic hydroxyl groups is 2. The first-order chi connectivity index (χ1) is 24.2. The van der Waals surface area contributed by atoms with Gasteiger partial charge in [0.1, 0.15) is 31.8 Å². The van der Waals surface area contributed by atoms with Crippen LogP contribution in [0.5, 0.6) is 23.0 Å². The third-order valence-electron chi connectivity index (χ3n) is 9.08. The Balaban J connectivity index is 1.11. The second-order valence-electron chi connectivity index (χ2n) is 13.3. The van der Waals surface area contributed by atoms with Crippen molar-refractivity contribution in [1.82, 2.24) is 0 Å². The average molecular weight is 661 g/mol. The van der Waals surface area contributed by atoms with Crippen LogP contribution in [0.1, 0.15) is 0 Å². The summed E-state index contributed by atoms with van der Waals surface area (Å²) >= 11 is 0. The number of rotatable bonds is 20. The lowest BCUT2D eigenvalue weighted by molar-refractivity contribution is 0.153. The van der Waals surface area contributed by atoms with Crippen LogP contribution in [0.4, 0.5) is 0 Å². The Morgan fingerprint density at radius 1 is 0.740 bits per heavy atom. The molecular weight excluding hydrogens is 619 g/mol. The zero-order chi connectivity index (χ0) is 35.5. The summed E-state index contributed by atoms with van der Waals surface area (Å²) in [5.74, 6) is 2.97. The van der Waals surface area contributed by atoms with Gasteiger partial charge in [0.25, 0.3) is 0 Å². The minimum Gasteiger partial charge on any atom is -0.567 e. The number of ether oxygens (including phenoxy) is 3. The molecule has 1 aliphatic rings. The van der Waals surface area contributed by atoms with Crippen molar-refractivity contribution in [3.8, 4) is 23.0 Å². The second kappa shape index (κ2) is 18.7. The molecule has 4 aromatic rings. The van der Waals surface area contributed by atoms with Gasteiger partial charge in [-0.15, -0.1) is 0 Å². The summed E-state index contributed by atoms with van der Waals surface area (Å²) in [6.07, 6.45) is 0.359. The molecule has 246 valence electrons. The van der Waals surface area contributed by atoms with E-state index in [0.29, 0.717) is 38.2 Å². The fourth-order valence-electron chi connectivity index (χ4n) is 6.07. The van der Waals surface area contributed by atoms with E-state index in [4.69, 9.17) is 28.2 Å². The van der Waals surface area contributed by atoms with Gasteiger partial charge in [0.15, 0.2) is 13.2 Å². The van der Waals surface area contributed by atoms with Gasteiger partial charge in [-0.25, -0.2) is 0 Å². The van der Waals surface area contributed by atoms with Crippen molar-refractivity contribution in [2.75, 3.05) is 26.9 Å². The first kappa shape index (κ1) is 37.9. The van der Waals surface area contributed by atoms with Crippen molar-refractivity contribution in [3.63, 3.8) is 0 Å². The van der Waals surface area contributed by atoms with E-state index in [1.165, 1.54) is 21.9 Å². The first-order valence-electron chi connectivity index (χ1n) is 17.7. The molecule has 0 aromatic heterocycles. The number of hydrogen-bond acceptors (Lipinski definition) is 8. The fraction of sp³-hybridized carbons (Fsp3) is 0.226. The second-order valence-corrected chi connectivity index (χ2v) is 13.3. The quantitative estimate of drug-likeness (QED) is 0.0717. The number of aliphatic hydroxyl groups excluding tert-OH is 2. The molecule has 0 amide bonds. The Labute approximate surface area is 303 Å². The first-order valence-corrected chi connectivity index (χ1v) is 17.7. The smallest absolute Gasteiger partial charge is 0.371 e. The summed E-state index contributed by atoms with van der Waals surface area (Å²) in [6, 6.07) is 31.2. The normalized spacial score (nSPS) is 14.3. The van der Waals surface area contributed by atoms with E-state index in [1.807, 2.05) is 56.3 Å². The molecule has 0 bridgehead atoms. The topological polar surface area (TPSA) is 99.1 Å². The molecule has 19 heteroatoms. The molecule has 3 unspecified atom stereocenters. The molecule has 1 heterocycles. The SMILES string of the molecule is BBB(Oc1ccc(B(B)c2ccc(OBC3CO3)cc2)cc1)C(O)COc1ccc(B(B(B)B)c2ccc(OCC(O)BOC)cc2)cc1. The maximum atomic E-state index is 11.0. The van der Waals surface area contributed by atoms with Gasteiger partial charge >= 0.3 is 21.8 Å². The number of epoxide rings is 1. The lowest BCUT2D eigenvalue weighted by Crippen LogP contribution is -2.55. The molecule has 3 atom stereocenters. The molecule has 2 N–H and O–H groups in total. The highest BCUT2D eigenvalue weighted by atomic mass is 16.6. The van der Waals surface area contributed by atoms with E-state index >= 15 is 0 Å². The van der Waals surface area contributed by atoms with Gasteiger partial charge in [-0.1, -0.05) is 70.4 Å². The van der Waals surface area contributed by atoms with Crippen LogP contribution in [0.2, 0.25) is 0 Å². The Morgan fingerprint density at radius 3 is 1.70 bits per heavy atom. The van der Waals surface area contributed by atoms with Crippen molar-refractivity contribution in [3.05, 3.63) is 97.1 Å². The van der Waals surface area contributed by atoms with Crippen molar-refractivity contribution in [1.29, 1.82) is 0 Å². The Morgan fingerprint density at radius 2 is 1.22 bits per heavy atom. The zero-order valence-corrected chi connectivity index (χ0v) is 29.9. The molecule has 50 heavy (non-hydrogen) atoms. The van der Waals surface area contributed by atoms with Crippen LogP contribution >= 0.6 is 0 Å². The van der Waals surface area contributed by atoms with Crippen LogP contribution in [0.25, 0.3) is 0 Å². The van der Waals surface area contributed by atoms with Gasteiger partial charge in [-0.05, 0) is 48.5 Å². The Kier molecular flexibility index (Phi) is 14.2. The van der Waals surface area contributed by atoms with E-state index in [1.54, 1.807) is 7.11 Å². The van der Waals surface area contributed by atoms with Gasteiger partial charge in [0, 0.05) is 7.11 Å². The summed E-state index contributed by atoms with van der Waals surface area (Å²) in [5, 5.41) is 20.9. The van der Waals surface area contributed by atoms with Crippen molar-refractivity contribution >= 4 is 101 Å². The molecule has 5 rings (SSSR count). The molecule has 0 saturated carbocycles. The van der Waals surface area contributed by atoms with Gasteiger partial charge in [0.05, 0.1) is 73.4 Å². The predicted molar refractivity (Wildman–Crippen MR) is 224 cm³/mol. The van der Waals surface area contributed by atoms with E-state index < -0.39 is 18.8 Å². The molecule has 0 spiro atoms. The lowest BCUT2D eigenvalue weighted by atomic mass is 8.90. The van der Waals surface area contributed by atoms with Crippen LogP contribution in [0.15, 0.2) is 97.1 Å². The lowest BCUT2D eigenvalue weighted by Gasteiger charge is -2.21. The molecule has 8 nitrogen and oxygen atoms in total. The van der Waals surface area contributed by atoms with E-state index in [0.717, 1.165) is 12.4 Å². The largest absolute Gasteiger partial charge is 0.567 e. The van der Waals surface area contributed by atoms with Crippen LogP contribution in [-0.2, 0) is 9.39 Å². The van der Waals surface area contributed by atoms with Gasteiger partial charge in [-0.2, -0.15) is 0 Å². The summed E-state index contributed by atoms with van der Waals surface area (Å²) < 4.78 is 33.9. The molecule has 1 fully saturated rings. The maximum absolute atomic E-state index is 11.0. The van der Waals surface area contributed by atoms with E-state index in [2.05, 4.69) is 71.7 Å². The molecule has 4 aromatic carbocycles.